The van der Waals surface area contributed by atoms with Gasteiger partial charge >= 0.3 is 6.18 Å². The number of nitrogens with one attached hydrogen (secondary N) is 1. The van der Waals surface area contributed by atoms with E-state index < -0.39 is 11.7 Å². The zero-order valence-electron chi connectivity index (χ0n) is 10.9. The number of nitrogens with zero attached hydrogens (tertiary/aromatic N) is 1. The van der Waals surface area contributed by atoms with Crippen LogP contribution in [0.1, 0.15) is 24.1 Å². The maximum atomic E-state index is 12.6. The molecule has 102 valence electrons. The van der Waals surface area contributed by atoms with Crippen molar-refractivity contribution in [3.05, 3.63) is 35.4 Å². The van der Waals surface area contributed by atoms with E-state index in [0.29, 0.717) is 5.56 Å². The summed E-state index contributed by atoms with van der Waals surface area (Å²) in [5.74, 6) is 0. The zero-order valence-corrected chi connectivity index (χ0v) is 10.9. The summed E-state index contributed by atoms with van der Waals surface area (Å²) in [6.07, 6.45) is -4.28. The minimum atomic E-state index is -4.28. The van der Waals surface area contributed by atoms with Crippen LogP contribution in [0.5, 0.6) is 0 Å². The fourth-order valence-corrected chi connectivity index (χ4v) is 1.71. The molecule has 0 bridgehead atoms. The van der Waals surface area contributed by atoms with Crippen LogP contribution in [0, 0.1) is 0 Å². The Morgan fingerprint density at radius 3 is 2.56 bits per heavy atom. The predicted octanol–water partition coefficient (Wildman–Crippen LogP) is 2.92. The Morgan fingerprint density at radius 1 is 1.33 bits per heavy atom. The Balaban J connectivity index is 2.83. The second kappa shape index (κ2) is 6.20. The molecule has 1 N–H and O–H groups in total. The summed E-state index contributed by atoms with van der Waals surface area (Å²) in [5.41, 5.74) is 0.0947. The Hall–Kier alpha value is -1.07. The highest BCUT2D eigenvalue weighted by Crippen LogP contribution is 2.31. The first-order chi connectivity index (χ1) is 8.36. The highest BCUT2D eigenvalue weighted by Gasteiger charge is 2.30. The quantitative estimate of drug-likeness (QED) is 0.875. The van der Waals surface area contributed by atoms with E-state index in [2.05, 4.69) is 5.32 Å². The summed E-state index contributed by atoms with van der Waals surface area (Å²) in [5, 5.41) is 3.02. The Bertz CT molecular complexity index is 377. The standard InChI is InChI=1S/C13H19F3N2/c1-10(18(3)8-7-17-2)11-5-4-6-12(9-11)13(14,15)16/h4-6,9-10,17H,7-8H2,1-3H3. The van der Waals surface area contributed by atoms with Crippen molar-refractivity contribution >= 4 is 0 Å². The van der Waals surface area contributed by atoms with E-state index in [4.69, 9.17) is 0 Å². The predicted molar refractivity (Wildman–Crippen MR) is 66.4 cm³/mol. The molecule has 0 saturated heterocycles. The molecule has 0 amide bonds. The van der Waals surface area contributed by atoms with Crippen LogP contribution in [-0.4, -0.2) is 32.1 Å². The second-order valence-electron chi connectivity index (χ2n) is 4.38. The molecule has 0 heterocycles. The minimum absolute atomic E-state index is 0.0411. The van der Waals surface area contributed by atoms with Gasteiger partial charge in [-0.2, -0.15) is 13.2 Å². The van der Waals surface area contributed by atoms with Gasteiger partial charge in [0.2, 0.25) is 0 Å². The van der Waals surface area contributed by atoms with Crippen LogP contribution in [0.4, 0.5) is 13.2 Å². The highest BCUT2D eigenvalue weighted by atomic mass is 19.4. The van der Waals surface area contributed by atoms with Crippen LogP contribution in [0.25, 0.3) is 0 Å². The van der Waals surface area contributed by atoms with Gasteiger partial charge in [-0.05, 0) is 38.7 Å². The van der Waals surface area contributed by atoms with E-state index in [1.54, 1.807) is 6.07 Å². The van der Waals surface area contributed by atoms with Gasteiger partial charge in [0, 0.05) is 19.1 Å². The van der Waals surface area contributed by atoms with Crippen molar-refractivity contribution in [1.29, 1.82) is 0 Å². The van der Waals surface area contributed by atoms with Gasteiger partial charge < -0.3 is 5.32 Å². The number of likely N-dealkylation sites (N-methyl/N-ethyl adjacent to an activating group) is 2. The van der Waals surface area contributed by atoms with Gasteiger partial charge in [0.25, 0.3) is 0 Å². The molecule has 1 aromatic rings. The summed E-state index contributed by atoms with van der Waals surface area (Å²) >= 11 is 0. The monoisotopic (exact) mass is 260 g/mol. The molecule has 1 rings (SSSR count). The lowest BCUT2D eigenvalue weighted by Gasteiger charge is -2.25. The Labute approximate surface area is 106 Å². The summed E-state index contributed by atoms with van der Waals surface area (Å²) in [6.45, 7) is 3.50. The molecule has 18 heavy (non-hydrogen) atoms. The van der Waals surface area contributed by atoms with Crippen LogP contribution in [0.2, 0.25) is 0 Å². The number of rotatable bonds is 5. The molecular formula is C13H19F3N2. The third-order valence-corrected chi connectivity index (χ3v) is 3.07. The first-order valence-electron chi connectivity index (χ1n) is 5.88. The van der Waals surface area contributed by atoms with Crippen molar-refractivity contribution in [3.63, 3.8) is 0 Å². The van der Waals surface area contributed by atoms with Gasteiger partial charge in [0.1, 0.15) is 0 Å². The van der Waals surface area contributed by atoms with E-state index in [-0.39, 0.29) is 6.04 Å². The third-order valence-electron chi connectivity index (χ3n) is 3.07. The number of hydrogen-bond acceptors (Lipinski definition) is 2. The molecule has 5 heteroatoms. The highest BCUT2D eigenvalue weighted by molar-refractivity contribution is 5.27. The molecule has 0 fully saturated rings. The molecule has 1 atom stereocenters. The molecule has 0 saturated carbocycles. The summed E-state index contributed by atoms with van der Waals surface area (Å²) < 4.78 is 37.8. The molecular weight excluding hydrogens is 241 g/mol. The first kappa shape index (κ1) is 15.0. The summed E-state index contributed by atoms with van der Waals surface area (Å²) in [7, 11) is 3.76. The normalized spacial score (nSPS) is 13.9. The van der Waals surface area contributed by atoms with E-state index in [1.165, 1.54) is 12.1 Å². The smallest absolute Gasteiger partial charge is 0.318 e. The van der Waals surface area contributed by atoms with Gasteiger partial charge in [-0.1, -0.05) is 12.1 Å². The number of halogens is 3. The number of benzene rings is 1. The molecule has 2 nitrogen and oxygen atoms in total. The molecule has 1 unspecified atom stereocenters. The Morgan fingerprint density at radius 2 is 2.00 bits per heavy atom. The lowest BCUT2D eigenvalue weighted by molar-refractivity contribution is -0.137. The lowest BCUT2D eigenvalue weighted by atomic mass is 10.0. The van der Waals surface area contributed by atoms with E-state index in [0.717, 1.165) is 19.2 Å². The topological polar surface area (TPSA) is 15.3 Å². The van der Waals surface area contributed by atoms with Gasteiger partial charge in [0.05, 0.1) is 5.56 Å². The van der Waals surface area contributed by atoms with Crippen molar-refractivity contribution in [3.8, 4) is 0 Å². The average Bonchev–Trinajstić information content (AvgIpc) is 2.34. The fourth-order valence-electron chi connectivity index (χ4n) is 1.71. The average molecular weight is 260 g/mol. The zero-order chi connectivity index (χ0) is 13.8. The molecule has 0 aliphatic carbocycles. The largest absolute Gasteiger partial charge is 0.416 e. The molecule has 1 aromatic carbocycles. The molecule has 0 radical (unpaired) electrons. The third kappa shape index (κ3) is 3.99. The summed E-state index contributed by atoms with van der Waals surface area (Å²) in [6, 6.07) is 5.47. The molecule has 0 aliphatic heterocycles. The van der Waals surface area contributed by atoms with Gasteiger partial charge in [-0.25, -0.2) is 0 Å². The molecule has 0 aliphatic rings. The van der Waals surface area contributed by atoms with Crippen LogP contribution < -0.4 is 5.32 Å². The fraction of sp³-hybridized carbons (Fsp3) is 0.538. The van der Waals surface area contributed by atoms with Crippen LogP contribution in [0.15, 0.2) is 24.3 Å². The lowest BCUT2D eigenvalue weighted by Crippen LogP contribution is -2.29. The maximum absolute atomic E-state index is 12.6. The molecule has 0 aromatic heterocycles. The van der Waals surface area contributed by atoms with Crippen LogP contribution >= 0.6 is 0 Å². The van der Waals surface area contributed by atoms with Crippen molar-refractivity contribution in [2.75, 3.05) is 27.2 Å². The Kier molecular flexibility index (Phi) is 5.16. The minimum Gasteiger partial charge on any atom is -0.318 e. The second-order valence-corrected chi connectivity index (χ2v) is 4.38. The van der Waals surface area contributed by atoms with E-state index in [1.807, 2.05) is 25.9 Å². The maximum Gasteiger partial charge on any atom is 0.416 e. The van der Waals surface area contributed by atoms with Crippen LogP contribution in [0.3, 0.4) is 0 Å². The van der Waals surface area contributed by atoms with Crippen molar-refractivity contribution in [2.45, 2.75) is 19.1 Å². The molecule has 0 spiro atoms. The van der Waals surface area contributed by atoms with Crippen molar-refractivity contribution in [2.24, 2.45) is 0 Å². The van der Waals surface area contributed by atoms with E-state index in [9.17, 15) is 13.2 Å². The first-order valence-corrected chi connectivity index (χ1v) is 5.88. The van der Waals surface area contributed by atoms with Crippen LogP contribution in [-0.2, 0) is 6.18 Å². The summed E-state index contributed by atoms with van der Waals surface area (Å²) in [4.78, 5) is 2.02. The number of alkyl halides is 3. The number of hydrogen-bond donors (Lipinski definition) is 1. The van der Waals surface area contributed by atoms with E-state index >= 15 is 0 Å². The van der Waals surface area contributed by atoms with Crippen molar-refractivity contribution < 1.29 is 13.2 Å². The van der Waals surface area contributed by atoms with Gasteiger partial charge in [0.15, 0.2) is 0 Å². The van der Waals surface area contributed by atoms with Gasteiger partial charge in [-0.15, -0.1) is 0 Å². The van der Waals surface area contributed by atoms with Crippen molar-refractivity contribution in [1.82, 2.24) is 10.2 Å². The van der Waals surface area contributed by atoms with Gasteiger partial charge in [-0.3, -0.25) is 4.90 Å². The SMILES string of the molecule is CNCCN(C)C(C)c1cccc(C(F)(F)F)c1.